The van der Waals surface area contributed by atoms with Gasteiger partial charge >= 0.3 is 0 Å². The van der Waals surface area contributed by atoms with Gasteiger partial charge in [-0.15, -0.1) is 0 Å². The summed E-state index contributed by atoms with van der Waals surface area (Å²) in [6.45, 7) is 33.5. The molecule has 0 aromatic rings. The van der Waals surface area contributed by atoms with Crippen LogP contribution in [0.5, 0.6) is 0 Å². The fourth-order valence-corrected chi connectivity index (χ4v) is 18.9. The van der Waals surface area contributed by atoms with Gasteiger partial charge in [-0.2, -0.15) is 0 Å². The van der Waals surface area contributed by atoms with Crippen molar-refractivity contribution in [2.45, 2.75) is 174 Å². The molecule has 1 heterocycles. The Balaban J connectivity index is 3.55. The largest absolute Gasteiger partial charge is 0.413 e. The monoisotopic (exact) mass is 604 g/mol. The summed E-state index contributed by atoms with van der Waals surface area (Å²) in [5, 5.41) is 9.81. The maximum Gasteiger partial charge on any atom is 0.200 e. The van der Waals surface area contributed by atoms with Gasteiger partial charge in [-0.1, -0.05) is 96.9 Å². The van der Waals surface area contributed by atoms with Gasteiger partial charge in [0.25, 0.3) is 0 Å². The summed E-state index contributed by atoms with van der Waals surface area (Å²) in [7, 11) is -5.84. The lowest BCUT2D eigenvalue weighted by atomic mass is 9.87. The predicted octanol–water partition coefficient (Wildman–Crippen LogP) is 8.99. The first-order valence-electron chi connectivity index (χ1n) is 16.5. The molecule has 8 heteroatoms. The Labute approximate surface area is 246 Å². The maximum atomic E-state index is 9.81. The number of hydrogen-bond donors (Lipinski definition) is 1. The van der Waals surface area contributed by atoms with E-state index >= 15 is 0 Å². The lowest BCUT2D eigenvalue weighted by Crippen LogP contribution is -2.54. The van der Waals surface area contributed by atoms with E-state index in [9.17, 15) is 5.11 Å². The summed E-state index contributed by atoms with van der Waals surface area (Å²) in [6, 6.07) is 6.74. The molecule has 1 aliphatic heterocycles. The Bertz CT molecular complexity index is 643. The van der Waals surface area contributed by atoms with Gasteiger partial charge in [0, 0.05) is 11.8 Å². The summed E-state index contributed by atoms with van der Waals surface area (Å²) in [6.07, 6.45) is 0.0169. The van der Waals surface area contributed by atoms with E-state index in [0.717, 1.165) is 36.3 Å². The van der Waals surface area contributed by atoms with Gasteiger partial charge in [0.15, 0.2) is 25.0 Å². The van der Waals surface area contributed by atoms with Crippen molar-refractivity contribution in [3.63, 3.8) is 0 Å². The van der Waals surface area contributed by atoms with Crippen molar-refractivity contribution in [2.75, 3.05) is 13.2 Å². The summed E-state index contributed by atoms with van der Waals surface area (Å²) in [4.78, 5) is 0. The Morgan fingerprint density at radius 1 is 0.667 bits per heavy atom. The first kappa shape index (κ1) is 37.5. The molecule has 1 aliphatic rings. The quantitative estimate of drug-likeness (QED) is 0.105. The van der Waals surface area contributed by atoms with Crippen LogP contribution in [0.4, 0.5) is 0 Å². The van der Waals surface area contributed by atoms with Crippen LogP contribution in [0.15, 0.2) is 0 Å². The predicted molar refractivity (Wildman–Crippen MR) is 175 cm³/mol. The third kappa shape index (κ3) is 8.74. The van der Waals surface area contributed by atoms with Gasteiger partial charge in [0.2, 0.25) is 0 Å². The van der Waals surface area contributed by atoms with Crippen LogP contribution in [0.2, 0.25) is 52.9 Å². The van der Waals surface area contributed by atoms with Crippen LogP contribution in [0, 0.1) is 11.8 Å². The minimum atomic E-state index is -2.05. The van der Waals surface area contributed by atoms with E-state index in [0.29, 0.717) is 23.2 Å². The van der Waals surface area contributed by atoms with Crippen molar-refractivity contribution in [2.24, 2.45) is 11.8 Å². The highest BCUT2D eigenvalue weighted by molar-refractivity contribution is 6.77. The molecule has 5 nitrogen and oxygen atoms in total. The lowest BCUT2D eigenvalue weighted by molar-refractivity contribution is -0.0175. The van der Waals surface area contributed by atoms with Crippen LogP contribution < -0.4 is 0 Å². The highest BCUT2D eigenvalue weighted by atomic mass is 28.4. The normalized spacial score (nSPS) is 22.0. The van der Waals surface area contributed by atoms with E-state index in [1.807, 2.05) is 0 Å². The number of aliphatic hydroxyl groups excluding tert-OH is 1. The zero-order valence-corrected chi connectivity index (χ0v) is 31.4. The zero-order chi connectivity index (χ0) is 30.2. The summed E-state index contributed by atoms with van der Waals surface area (Å²) in [5.41, 5.74) is 1.61. The van der Waals surface area contributed by atoms with Crippen molar-refractivity contribution >= 4 is 25.0 Å². The third-order valence-electron chi connectivity index (χ3n) is 10.8. The summed E-state index contributed by atoms with van der Waals surface area (Å²) < 4.78 is 27.9. The molecule has 0 aromatic heterocycles. The second-order valence-electron chi connectivity index (χ2n) is 13.4. The van der Waals surface area contributed by atoms with Gasteiger partial charge in [-0.3, -0.25) is 0 Å². The molecule has 0 aliphatic carbocycles. The summed E-state index contributed by atoms with van der Waals surface area (Å²) >= 11 is 0. The molecule has 6 atom stereocenters. The first-order chi connectivity index (χ1) is 18.2. The molecule has 0 unspecified atom stereocenters. The molecule has 0 radical (unpaired) electrons. The van der Waals surface area contributed by atoms with Gasteiger partial charge < -0.3 is 23.1 Å². The fraction of sp³-hybridized carbons (Fsp3) is 1.00. The lowest BCUT2D eigenvalue weighted by Gasteiger charge is -2.46. The molecule has 1 fully saturated rings. The van der Waals surface area contributed by atoms with Crippen molar-refractivity contribution < 1.29 is 23.1 Å². The molecule has 0 spiro atoms. The average Bonchev–Trinajstić information content (AvgIpc) is 3.71. The van der Waals surface area contributed by atoms with E-state index in [1.165, 1.54) is 0 Å². The van der Waals surface area contributed by atoms with Crippen LogP contribution >= 0.6 is 0 Å². The Morgan fingerprint density at radius 3 is 1.41 bits per heavy atom. The van der Waals surface area contributed by atoms with E-state index in [2.05, 4.69) is 96.9 Å². The molecule has 0 amide bonds. The van der Waals surface area contributed by atoms with Gasteiger partial charge in [-0.25, -0.2) is 0 Å². The number of hydrogen-bond acceptors (Lipinski definition) is 5. The van der Waals surface area contributed by atoms with Crippen LogP contribution in [-0.2, 0) is 18.0 Å². The van der Waals surface area contributed by atoms with Crippen molar-refractivity contribution in [3.8, 4) is 0 Å². The number of rotatable bonds is 21. The van der Waals surface area contributed by atoms with Gasteiger partial charge in [-0.05, 0) is 52.9 Å². The molecule has 0 bridgehead atoms. The van der Waals surface area contributed by atoms with Crippen LogP contribution in [0.25, 0.3) is 0 Å². The van der Waals surface area contributed by atoms with Gasteiger partial charge in [0.05, 0.1) is 31.5 Å². The minimum Gasteiger partial charge on any atom is -0.413 e. The molecule has 1 saturated heterocycles. The topological polar surface area (TPSA) is 60.5 Å². The van der Waals surface area contributed by atoms with Crippen LogP contribution in [0.3, 0.4) is 0 Å². The molecule has 234 valence electrons. The molecule has 1 rings (SSSR count). The van der Waals surface area contributed by atoms with Crippen molar-refractivity contribution in [1.82, 2.24) is 0 Å². The van der Waals surface area contributed by atoms with Crippen LogP contribution in [-0.4, -0.2) is 67.7 Å². The first-order valence-corrected chi connectivity index (χ1v) is 23.7. The number of aliphatic hydroxyl groups is 1. The summed E-state index contributed by atoms with van der Waals surface area (Å²) in [5.74, 6) is 0.373. The fourth-order valence-electron chi connectivity index (χ4n) is 7.49. The standard InChI is InChI=1S/C31H68O5Si3/c1-15-37(16-2,17-3)35-29(22-33-39(23(7)8,24(9)10)25(11)12)26(13)30(27(14)31-28(21-32)34-31)36-38(18-4,19-5)20-6/h23-32H,15-22H2,1-14H3/t26-,27+,28-,29+,30-,31+/m1/s1. The molecule has 0 saturated carbocycles. The second kappa shape index (κ2) is 16.3. The Morgan fingerprint density at radius 2 is 1.08 bits per heavy atom. The third-order valence-corrected chi connectivity index (χ3v) is 26.2. The van der Waals surface area contributed by atoms with Gasteiger partial charge in [0.1, 0.15) is 6.10 Å². The SMILES string of the molecule is CC[Si](CC)(CC)O[C@@H]([C@H](C)[C@@H]1O[C@@H]1CO)[C@H](C)[C@H](CO[Si](C(C)C)(C(C)C)C(C)C)O[Si](CC)(CC)CC. The molecular weight excluding hydrogens is 537 g/mol. The van der Waals surface area contributed by atoms with Crippen molar-refractivity contribution in [1.29, 1.82) is 0 Å². The molecular formula is C31H68O5Si3. The molecule has 0 aromatic carbocycles. The molecule has 1 N–H and O–H groups in total. The average molecular weight is 605 g/mol. The number of ether oxygens (including phenoxy) is 1. The van der Waals surface area contributed by atoms with E-state index in [-0.39, 0.29) is 42.9 Å². The minimum absolute atomic E-state index is 0.00399. The highest BCUT2D eigenvalue weighted by Crippen LogP contribution is 2.44. The van der Waals surface area contributed by atoms with E-state index in [1.54, 1.807) is 0 Å². The van der Waals surface area contributed by atoms with Crippen molar-refractivity contribution in [3.05, 3.63) is 0 Å². The number of epoxide rings is 1. The Hall–Kier alpha value is 0.451. The van der Waals surface area contributed by atoms with E-state index < -0.39 is 25.0 Å². The smallest absolute Gasteiger partial charge is 0.200 e. The Kier molecular flexibility index (Phi) is 15.7. The van der Waals surface area contributed by atoms with Crippen LogP contribution in [0.1, 0.15) is 96.9 Å². The second-order valence-corrected chi connectivity index (χ2v) is 28.3. The molecule has 39 heavy (non-hydrogen) atoms. The highest BCUT2D eigenvalue weighted by Gasteiger charge is 2.51. The van der Waals surface area contributed by atoms with E-state index in [4.69, 9.17) is 18.0 Å². The maximum absolute atomic E-state index is 9.81. The zero-order valence-electron chi connectivity index (χ0n) is 28.4.